The lowest BCUT2D eigenvalue weighted by molar-refractivity contribution is -0.141. The van der Waals surface area contributed by atoms with Crippen LogP contribution in [0.1, 0.15) is 23.6 Å². The van der Waals surface area contributed by atoms with Crippen LogP contribution in [0.3, 0.4) is 0 Å². The Kier molecular flexibility index (Phi) is 7.23. The summed E-state index contributed by atoms with van der Waals surface area (Å²) in [6.07, 6.45) is 3.16. The molecule has 0 spiro atoms. The summed E-state index contributed by atoms with van der Waals surface area (Å²) in [5.41, 5.74) is 1.66. The van der Waals surface area contributed by atoms with Crippen LogP contribution < -0.4 is 14.8 Å². The standard InChI is InChI=1S/C19H21NO5S/c1-23-16-6-5-14(10-17(16)24-2)15(11-19(22)25-3)20-18(21)7-4-13-8-9-26-12-13/h4-10,12,15H,11H2,1-3H3,(H,20,21)/b7-4-/t15-/m0/s1. The zero-order valence-electron chi connectivity index (χ0n) is 14.9. The van der Waals surface area contributed by atoms with Crippen LogP contribution in [0.25, 0.3) is 6.08 Å². The molecule has 26 heavy (non-hydrogen) atoms. The first kappa shape index (κ1) is 19.5. The number of ether oxygens (including phenoxy) is 3. The number of methoxy groups -OCH3 is 3. The van der Waals surface area contributed by atoms with E-state index in [4.69, 9.17) is 14.2 Å². The third kappa shape index (κ3) is 5.35. The number of benzene rings is 1. The van der Waals surface area contributed by atoms with Gasteiger partial charge in [-0.05, 0) is 46.2 Å². The largest absolute Gasteiger partial charge is 0.493 e. The van der Waals surface area contributed by atoms with Gasteiger partial charge in [-0.2, -0.15) is 11.3 Å². The molecule has 0 radical (unpaired) electrons. The maximum absolute atomic E-state index is 12.3. The third-order valence-electron chi connectivity index (χ3n) is 3.70. The highest BCUT2D eigenvalue weighted by Crippen LogP contribution is 2.31. The molecule has 1 atom stereocenters. The van der Waals surface area contributed by atoms with Crippen molar-refractivity contribution >= 4 is 29.3 Å². The number of esters is 1. The molecule has 0 aliphatic heterocycles. The van der Waals surface area contributed by atoms with Crippen LogP contribution in [0, 0.1) is 0 Å². The predicted molar refractivity (Wildman–Crippen MR) is 100 cm³/mol. The first-order chi connectivity index (χ1) is 12.6. The molecule has 2 rings (SSSR count). The molecule has 138 valence electrons. The smallest absolute Gasteiger partial charge is 0.307 e. The second-order valence-corrected chi connectivity index (χ2v) is 6.13. The number of rotatable bonds is 8. The van der Waals surface area contributed by atoms with Crippen molar-refractivity contribution in [1.82, 2.24) is 5.32 Å². The van der Waals surface area contributed by atoms with Gasteiger partial charge in [-0.3, -0.25) is 9.59 Å². The summed E-state index contributed by atoms with van der Waals surface area (Å²) >= 11 is 1.55. The summed E-state index contributed by atoms with van der Waals surface area (Å²) in [5, 5.41) is 6.70. The Hall–Kier alpha value is -2.80. The van der Waals surface area contributed by atoms with Gasteiger partial charge in [0.2, 0.25) is 5.91 Å². The van der Waals surface area contributed by atoms with Crippen molar-refractivity contribution in [1.29, 1.82) is 0 Å². The zero-order valence-corrected chi connectivity index (χ0v) is 15.7. The Morgan fingerprint density at radius 2 is 1.92 bits per heavy atom. The first-order valence-corrected chi connectivity index (χ1v) is 8.81. The Labute approximate surface area is 156 Å². The van der Waals surface area contributed by atoms with E-state index in [1.54, 1.807) is 42.7 Å². The van der Waals surface area contributed by atoms with Gasteiger partial charge in [0.25, 0.3) is 0 Å². The molecule has 0 aliphatic rings. The normalized spacial score (nSPS) is 11.8. The number of carbonyl (C=O) groups is 2. The van der Waals surface area contributed by atoms with Crippen LogP contribution in [-0.4, -0.2) is 33.2 Å². The van der Waals surface area contributed by atoms with Gasteiger partial charge in [0, 0.05) is 6.08 Å². The highest BCUT2D eigenvalue weighted by Gasteiger charge is 2.20. The zero-order chi connectivity index (χ0) is 18.9. The Balaban J connectivity index is 2.20. The molecule has 6 nitrogen and oxygen atoms in total. The predicted octanol–water partition coefficient (Wildman–Crippen LogP) is 3.20. The maximum Gasteiger partial charge on any atom is 0.307 e. The molecule has 0 saturated heterocycles. The van der Waals surface area contributed by atoms with Crippen molar-refractivity contribution in [3.8, 4) is 11.5 Å². The molecule has 0 bridgehead atoms. The highest BCUT2D eigenvalue weighted by molar-refractivity contribution is 7.08. The van der Waals surface area contributed by atoms with Crippen molar-refractivity contribution in [3.63, 3.8) is 0 Å². The summed E-state index contributed by atoms with van der Waals surface area (Å²) in [7, 11) is 4.38. The summed E-state index contributed by atoms with van der Waals surface area (Å²) in [6.45, 7) is 0. The number of amides is 1. The monoisotopic (exact) mass is 375 g/mol. The van der Waals surface area contributed by atoms with Crippen molar-refractivity contribution in [2.24, 2.45) is 0 Å². The van der Waals surface area contributed by atoms with E-state index >= 15 is 0 Å². The fraction of sp³-hybridized carbons (Fsp3) is 0.263. The number of thiophene rings is 1. The van der Waals surface area contributed by atoms with Crippen molar-refractivity contribution in [2.45, 2.75) is 12.5 Å². The minimum atomic E-state index is -0.554. The lowest BCUT2D eigenvalue weighted by Crippen LogP contribution is -2.29. The fourth-order valence-corrected chi connectivity index (χ4v) is 2.96. The van der Waals surface area contributed by atoms with Crippen LogP contribution >= 0.6 is 11.3 Å². The van der Waals surface area contributed by atoms with Gasteiger partial charge in [-0.25, -0.2) is 0 Å². The molecule has 0 aliphatic carbocycles. The van der Waals surface area contributed by atoms with Crippen LogP contribution in [0.15, 0.2) is 41.1 Å². The number of carbonyl (C=O) groups excluding carboxylic acids is 2. The molecule has 1 heterocycles. The van der Waals surface area contributed by atoms with Crippen LogP contribution in [0.2, 0.25) is 0 Å². The molecule has 0 unspecified atom stereocenters. The molecule has 2 aromatic rings. The van der Waals surface area contributed by atoms with Crippen LogP contribution in [0.5, 0.6) is 11.5 Å². The van der Waals surface area contributed by atoms with E-state index in [-0.39, 0.29) is 12.3 Å². The summed E-state index contributed by atoms with van der Waals surface area (Å²) in [4.78, 5) is 24.0. The molecule has 1 aromatic carbocycles. The van der Waals surface area contributed by atoms with Gasteiger partial charge >= 0.3 is 5.97 Å². The molecular weight excluding hydrogens is 354 g/mol. The van der Waals surface area contributed by atoms with Crippen molar-refractivity contribution < 1.29 is 23.8 Å². The molecule has 0 fully saturated rings. The second-order valence-electron chi connectivity index (χ2n) is 5.35. The summed E-state index contributed by atoms with van der Waals surface area (Å²) < 4.78 is 15.3. The first-order valence-electron chi connectivity index (χ1n) is 7.87. The third-order valence-corrected chi connectivity index (χ3v) is 4.40. The minimum absolute atomic E-state index is 0.00398. The van der Waals surface area contributed by atoms with E-state index in [0.29, 0.717) is 17.1 Å². The molecule has 7 heteroatoms. The molecule has 1 amide bonds. The van der Waals surface area contributed by atoms with E-state index in [1.165, 1.54) is 20.3 Å². The van der Waals surface area contributed by atoms with Crippen LogP contribution in [0.4, 0.5) is 0 Å². The maximum atomic E-state index is 12.3. The number of hydrogen-bond acceptors (Lipinski definition) is 6. The van der Waals surface area contributed by atoms with Gasteiger partial charge < -0.3 is 19.5 Å². The number of nitrogens with one attached hydrogen (secondary N) is 1. The van der Waals surface area contributed by atoms with Gasteiger partial charge in [0.15, 0.2) is 11.5 Å². The molecule has 1 aromatic heterocycles. The Morgan fingerprint density at radius 1 is 1.15 bits per heavy atom. The van der Waals surface area contributed by atoms with E-state index in [9.17, 15) is 9.59 Å². The Morgan fingerprint density at radius 3 is 2.54 bits per heavy atom. The highest BCUT2D eigenvalue weighted by atomic mass is 32.1. The van der Waals surface area contributed by atoms with Gasteiger partial charge in [0.1, 0.15) is 0 Å². The Bertz CT molecular complexity index is 770. The second kappa shape index (κ2) is 9.62. The SMILES string of the molecule is COC(=O)C[C@H](NC(=O)/C=C\c1ccsc1)c1ccc(OC)c(OC)c1. The lowest BCUT2D eigenvalue weighted by atomic mass is 10.0. The molecular formula is C19H21NO5S. The van der Waals surface area contributed by atoms with Crippen molar-refractivity contribution in [3.05, 3.63) is 52.2 Å². The van der Waals surface area contributed by atoms with E-state index in [0.717, 1.165) is 5.56 Å². The van der Waals surface area contributed by atoms with E-state index in [2.05, 4.69) is 5.32 Å². The van der Waals surface area contributed by atoms with Crippen molar-refractivity contribution in [2.75, 3.05) is 21.3 Å². The average Bonchev–Trinajstić information content (AvgIpc) is 3.18. The van der Waals surface area contributed by atoms with Gasteiger partial charge in [0.05, 0.1) is 33.8 Å². The van der Waals surface area contributed by atoms with E-state index in [1.807, 2.05) is 16.8 Å². The average molecular weight is 375 g/mol. The summed E-state index contributed by atoms with van der Waals surface area (Å²) in [5.74, 6) is 0.353. The van der Waals surface area contributed by atoms with Gasteiger partial charge in [-0.1, -0.05) is 6.07 Å². The lowest BCUT2D eigenvalue weighted by Gasteiger charge is -2.19. The topological polar surface area (TPSA) is 73.9 Å². The number of hydrogen-bond donors (Lipinski definition) is 1. The van der Waals surface area contributed by atoms with Crippen LogP contribution in [-0.2, 0) is 14.3 Å². The molecule has 0 saturated carbocycles. The molecule has 1 N–H and O–H groups in total. The fourth-order valence-electron chi connectivity index (χ4n) is 2.33. The van der Waals surface area contributed by atoms with Gasteiger partial charge in [-0.15, -0.1) is 0 Å². The summed E-state index contributed by atoms with van der Waals surface area (Å²) in [6, 6.07) is 6.59. The quantitative estimate of drug-likeness (QED) is 0.567. The minimum Gasteiger partial charge on any atom is -0.493 e. The van der Waals surface area contributed by atoms with E-state index < -0.39 is 12.0 Å².